The maximum atomic E-state index is 13.8. The second kappa shape index (κ2) is 8.23. The molecule has 2 aliphatic heterocycles. The number of β-amino-alcohol motifs (C(OH)–C–C–N with tert-alkyl or cyclic N) is 1. The lowest BCUT2D eigenvalue weighted by Gasteiger charge is -2.23. The number of benzene rings is 2. The Kier molecular flexibility index (Phi) is 5.37. The van der Waals surface area contributed by atoms with Crippen LogP contribution in [0.25, 0.3) is 5.69 Å². The second-order valence-electron chi connectivity index (χ2n) is 8.92. The molecule has 2 aromatic carbocycles. The lowest BCUT2D eigenvalue weighted by atomic mass is 10.0. The van der Waals surface area contributed by atoms with E-state index in [0.717, 1.165) is 60.8 Å². The van der Waals surface area contributed by atoms with Crippen molar-refractivity contribution in [2.24, 2.45) is 7.05 Å². The van der Waals surface area contributed by atoms with Crippen LogP contribution < -0.4 is 15.2 Å². The number of anilines is 1. The van der Waals surface area contributed by atoms with E-state index in [-0.39, 0.29) is 5.56 Å². The minimum absolute atomic E-state index is 0.0723. The van der Waals surface area contributed by atoms with Crippen molar-refractivity contribution in [2.45, 2.75) is 38.3 Å². The smallest absolute Gasteiger partial charge is 0.318 e. The first kappa shape index (κ1) is 21.5. The maximum Gasteiger partial charge on any atom is 0.318 e. The van der Waals surface area contributed by atoms with Gasteiger partial charge in [0.25, 0.3) is 11.6 Å². The molecule has 3 aromatic rings. The molecular weight excluding hydrogens is 416 g/mol. The lowest BCUT2D eigenvalue weighted by Crippen LogP contribution is -2.41. The molecule has 0 saturated heterocycles. The maximum absolute atomic E-state index is 13.8. The first-order valence-electron chi connectivity index (χ1n) is 11.6. The molecule has 0 bridgehead atoms. The molecule has 1 aromatic heterocycles. The first-order chi connectivity index (χ1) is 16.0. The molecule has 0 fully saturated rings. The first-order valence-corrected chi connectivity index (χ1v) is 11.6. The number of ether oxygens (including phenoxy) is 1. The zero-order valence-electron chi connectivity index (χ0n) is 19.5. The molecule has 0 saturated carbocycles. The molecule has 1 unspecified atom stereocenters. The summed E-state index contributed by atoms with van der Waals surface area (Å²) >= 11 is 0. The van der Waals surface area contributed by atoms with Crippen LogP contribution in [0.15, 0.2) is 59.4 Å². The van der Waals surface area contributed by atoms with E-state index >= 15 is 0 Å². The largest absolute Gasteiger partial charge is 0.497 e. The summed E-state index contributed by atoms with van der Waals surface area (Å²) in [6.07, 6.45) is 3.99. The summed E-state index contributed by atoms with van der Waals surface area (Å²) < 4.78 is 11.0. The summed E-state index contributed by atoms with van der Waals surface area (Å²) in [4.78, 5) is 15.8. The summed E-state index contributed by atoms with van der Waals surface area (Å²) in [5.74, 6) is 1.78. The highest BCUT2D eigenvalue weighted by atomic mass is 16.5. The summed E-state index contributed by atoms with van der Waals surface area (Å²) in [6, 6.07) is 17.3. The Morgan fingerprint density at radius 3 is 2.45 bits per heavy atom. The van der Waals surface area contributed by atoms with Gasteiger partial charge < -0.3 is 9.84 Å². The van der Waals surface area contributed by atoms with Crippen LogP contribution in [0.2, 0.25) is 0 Å². The van der Waals surface area contributed by atoms with Crippen molar-refractivity contribution in [3.05, 3.63) is 76.2 Å². The van der Waals surface area contributed by atoms with Gasteiger partial charge in [-0.05, 0) is 62.6 Å². The van der Waals surface area contributed by atoms with Crippen LogP contribution >= 0.6 is 0 Å². The zero-order valence-corrected chi connectivity index (χ0v) is 19.5. The Bertz CT molecular complexity index is 1260. The Labute approximate surface area is 193 Å². The third-order valence-corrected chi connectivity index (χ3v) is 7.08. The van der Waals surface area contributed by atoms with Gasteiger partial charge in [0, 0.05) is 19.0 Å². The predicted molar refractivity (Wildman–Crippen MR) is 129 cm³/mol. The Morgan fingerprint density at radius 1 is 1.03 bits per heavy atom. The van der Waals surface area contributed by atoms with Gasteiger partial charge in [-0.2, -0.15) is 0 Å². The highest BCUT2D eigenvalue weighted by Crippen LogP contribution is 2.36. The third kappa shape index (κ3) is 3.38. The van der Waals surface area contributed by atoms with Crippen LogP contribution in [0, 0.1) is 6.92 Å². The number of rotatable bonds is 4. The predicted octanol–water partition coefficient (Wildman–Crippen LogP) is 3.14. The quantitative estimate of drug-likeness (QED) is 0.624. The highest BCUT2D eigenvalue weighted by molar-refractivity contribution is 5.96. The summed E-state index contributed by atoms with van der Waals surface area (Å²) in [5, 5.41) is 12.1. The molecule has 172 valence electrons. The van der Waals surface area contributed by atoms with Crippen LogP contribution in [-0.2, 0) is 12.8 Å². The van der Waals surface area contributed by atoms with Gasteiger partial charge in [-0.1, -0.05) is 18.2 Å². The molecule has 3 heterocycles. The second-order valence-corrected chi connectivity index (χ2v) is 8.92. The Morgan fingerprint density at radius 2 is 1.76 bits per heavy atom. The van der Waals surface area contributed by atoms with Crippen molar-refractivity contribution in [1.29, 1.82) is 0 Å². The average molecular weight is 448 g/mol. The van der Waals surface area contributed by atoms with Crippen molar-refractivity contribution < 1.29 is 14.4 Å². The molecule has 5 rings (SSSR count). The van der Waals surface area contributed by atoms with Gasteiger partial charge in [0.2, 0.25) is 5.69 Å². The Balaban J connectivity index is 1.65. The number of para-hydroxylation sites is 1. The molecule has 0 radical (unpaired) electrons. The molecule has 1 N–H and O–H groups in total. The Hall–Kier alpha value is -3.32. The number of amidine groups is 1. The number of hydrogen-bond donors (Lipinski definition) is 1. The van der Waals surface area contributed by atoms with Crippen LogP contribution in [0.5, 0.6) is 5.75 Å². The molecule has 0 amide bonds. The SMILES string of the molecule is COc1ccc(C2(O)CN(c3c(C)n(C)n(-c4ccccc4)c3=O)C3=[N+]2CCCCC3)cc1. The van der Waals surface area contributed by atoms with Gasteiger partial charge in [0.15, 0.2) is 6.54 Å². The zero-order chi connectivity index (χ0) is 23.2. The molecule has 0 aliphatic carbocycles. The molecular formula is C26H31N4O3+. The summed E-state index contributed by atoms with van der Waals surface area (Å²) in [5.41, 5.74) is 1.86. The van der Waals surface area contributed by atoms with Crippen molar-refractivity contribution in [1.82, 2.24) is 9.36 Å². The highest BCUT2D eigenvalue weighted by Gasteiger charge is 2.53. The van der Waals surface area contributed by atoms with Crippen LogP contribution in [0.1, 0.15) is 36.9 Å². The number of aliphatic hydroxyl groups is 1. The standard InChI is InChI=1S/C26H31N4O3/c1-19-24(25(31)30(27(19)2)21-10-6-4-7-11-21)28-18-26(32,20-13-15-22(33-3)16-14-20)29-17-9-5-8-12-23(28)29/h4,6-7,10-11,13-16,32H,5,8-9,12,17-18H2,1-3H3/q+1. The van der Waals surface area contributed by atoms with Crippen LogP contribution in [0.3, 0.4) is 0 Å². The van der Waals surface area contributed by atoms with Crippen molar-refractivity contribution in [2.75, 3.05) is 25.1 Å². The monoisotopic (exact) mass is 447 g/mol. The minimum Gasteiger partial charge on any atom is -0.497 e. The van der Waals surface area contributed by atoms with Crippen molar-refractivity contribution in [3.63, 3.8) is 0 Å². The fraction of sp³-hybridized carbons (Fsp3) is 0.385. The van der Waals surface area contributed by atoms with E-state index in [1.807, 2.05) is 73.3 Å². The van der Waals surface area contributed by atoms with Crippen molar-refractivity contribution >= 4 is 11.5 Å². The van der Waals surface area contributed by atoms with Crippen LogP contribution in [0.4, 0.5) is 5.69 Å². The topological polar surface area (TPSA) is 62.6 Å². The summed E-state index contributed by atoms with van der Waals surface area (Å²) in [7, 11) is 3.55. The number of aromatic nitrogens is 2. The van der Waals surface area contributed by atoms with Gasteiger partial charge >= 0.3 is 5.56 Å². The molecule has 1 atom stereocenters. The molecule has 7 heteroatoms. The minimum atomic E-state index is -1.21. The van der Waals surface area contributed by atoms with E-state index in [9.17, 15) is 9.90 Å². The van der Waals surface area contributed by atoms with Gasteiger partial charge in [-0.15, -0.1) is 0 Å². The molecule has 7 nitrogen and oxygen atoms in total. The molecule has 33 heavy (non-hydrogen) atoms. The van der Waals surface area contributed by atoms with E-state index in [1.54, 1.807) is 11.8 Å². The van der Waals surface area contributed by atoms with Gasteiger partial charge in [-0.25, -0.2) is 14.2 Å². The number of nitrogens with zero attached hydrogens (tertiary/aromatic N) is 4. The van der Waals surface area contributed by atoms with E-state index < -0.39 is 5.72 Å². The van der Waals surface area contributed by atoms with E-state index in [2.05, 4.69) is 9.48 Å². The van der Waals surface area contributed by atoms with E-state index in [1.165, 1.54) is 0 Å². The van der Waals surface area contributed by atoms with E-state index in [0.29, 0.717) is 12.2 Å². The third-order valence-electron chi connectivity index (χ3n) is 7.08. The molecule has 0 spiro atoms. The van der Waals surface area contributed by atoms with Gasteiger partial charge in [-0.3, -0.25) is 9.48 Å². The normalized spacial score (nSPS) is 20.7. The van der Waals surface area contributed by atoms with Gasteiger partial charge in [0.05, 0.1) is 25.0 Å². The average Bonchev–Trinajstić information content (AvgIpc) is 3.09. The molecule has 2 aliphatic rings. The van der Waals surface area contributed by atoms with Crippen LogP contribution in [-0.4, -0.2) is 45.1 Å². The number of hydrogen-bond acceptors (Lipinski definition) is 4. The lowest BCUT2D eigenvalue weighted by molar-refractivity contribution is -0.658. The fourth-order valence-corrected chi connectivity index (χ4v) is 5.25. The fourth-order valence-electron chi connectivity index (χ4n) is 5.25. The van der Waals surface area contributed by atoms with Gasteiger partial charge in [0.1, 0.15) is 5.75 Å². The number of methoxy groups -OCH3 is 1. The summed E-state index contributed by atoms with van der Waals surface area (Å²) in [6.45, 7) is 3.04. The van der Waals surface area contributed by atoms with Crippen molar-refractivity contribution in [3.8, 4) is 11.4 Å². The van der Waals surface area contributed by atoms with E-state index in [4.69, 9.17) is 4.74 Å².